The Labute approximate surface area is 69.7 Å². The fraction of sp³-hybridized carbons (Fsp3) is 0.111. The molecule has 12 heavy (non-hydrogen) atoms. The van der Waals surface area contributed by atoms with Crippen LogP contribution in [0.15, 0.2) is 22.8 Å². The van der Waals surface area contributed by atoms with Gasteiger partial charge in [0.1, 0.15) is 0 Å². The molecule has 0 bridgehead atoms. The number of allylic oxidation sites excluding steroid dienone is 1. The Balaban J connectivity index is 2.76. The van der Waals surface area contributed by atoms with Gasteiger partial charge in [0.2, 0.25) is 0 Å². The molecule has 0 unspecified atom stereocenters. The molecule has 3 heteroatoms. The number of carbonyl (C=O) groups is 2. The first-order valence-electron chi connectivity index (χ1n) is 3.45. The first-order chi connectivity index (χ1) is 5.72. The molecule has 0 atom stereocenters. The maximum absolute atomic E-state index is 10.5. The normalized spacial score (nSPS) is 10.4. The number of carbonyl (C=O) groups excluding carboxylic acids is 2. The standard InChI is InChI=1S/C9H8O3/c1-7(11)2-3-8-4-9(5-10)12-6-8/h2-6H,1H3/b3-2+. The molecule has 0 saturated carbocycles. The van der Waals surface area contributed by atoms with Crippen molar-refractivity contribution in [3.63, 3.8) is 0 Å². The van der Waals surface area contributed by atoms with Crippen LogP contribution in [0, 0.1) is 0 Å². The largest absolute Gasteiger partial charge is 0.461 e. The lowest BCUT2D eigenvalue weighted by molar-refractivity contribution is -0.112. The molecular formula is C9H8O3. The fourth-order valence-corrected chi connectivity index (χ4v) is 0.731. The van der Waals surface area contributed by atoms with E-state index in [1.165, 1.54) is 19.3 Å². The predicted molar refractivity (Wildman–Crippen MR) is 43.8 cm³/mol. The Morgan fingerprint density at radius 3 is 2.83 bits per heavy atom. The Morgan fingerprint density at radius 1 is 1.58 bits per heavy atom. The summed E-state index contributed by atoms with van der Waals surface area (Å²) < 4.78 is 4.82. The zero-order valence-electron chi connectivity index (χ0n) is 6.61. The highest BCUT2D eigenvalue weighted by Gasteiger charge is 1.95. The molecule has 0 saturated heterocycles. The molecule has 1 aromatic heterocycles. The van der Waals surface area contributed by atoms with Gasteiger partial charge in [0.05, 0.1) is 6.26 Å². The van der Waals surface area contributed by atoms with E-state index in [9.17, 15) is 9.59 Å². The summed E-state index contributed by atoms with van der Waals surface area (Å²) in [6.45, 7) is 1.46. The van der Waals surface area contributed by atoms with Crippen molar-refractivity contribution in [1.82, 2.24) is 0 Å². The van der Waals surface area contributed by atoms with E-state index in [2.05, 4.69) is 0 Å². The monoisotopic (exact) mass is 164 g/mol. The van der Waals surface area contributed by atoms with Crippen LogP contribution < -0.4 is 0 Å². The van der Waals surface area contributed by atoms with Crippen LogP contribution in [-0.2, 0) is 4.79 Å². The van der Waals surface area contributed by atoms with Crippen LogP contribution in [-0.4, -0.2) is 12.1 Å². The van der Waals surface area contributed by atoms with Crippen LogP contribution in [0.25, 0.3) is 6.08 Å². The smallest absolute Gasteiger partial charge is 0.185 e. The van der Waals surface area contributed by atoms with E-state index < -0.39 is 0 Å². The number of furan rings is 1. The summed E-state index contributed by atoms with van der Waals surface area (Å²) in [4.78, 5) is 20.7. The van der Waals surface area contributed by atoms with Crippen molar-refractivity contribution in [2.45, 2.75) is 6.92 Å². The second kappa shape index (κ2) is 3.67. The third-order valence-corrected chi connectivity index (χ3v) is 1.27. The summed E-state index contributed by atoms with van der Waals surface area (Å²) >= 11 is 0. The molecular weight excluding hydrogens is 156 g/mol. The summed E-state index contributed by atoms with van der Waals surface area (Å²) in [6, 6.07) is 1.56. The van der Waals surface area contributed by atoms with Gasteiger partial charge in [-0.15, -0.1) is 0 Å². The minimum atomic E-state index is -0.0381. The van der Waals surface area contributed by atoms with E-state index >= 15 is 0 Å². The van der Waals surface area contributed by atoms with Crippen LogP contribution in [0.3, 0.4) is 0 Å². The number of hydrogen-bond donors (Lipinski definition) is 0. The van der Waals surface area contributed by atoms with Crippen LogP contribution >= 0.6 is 0 Å². The summed E-state index contributed by atoms with van der Waals surface area (Å²) in [5.74, 6) is 0.224. The second-order valence-electron chi connectivity index (χ2n) is 2.34. The molecule has 0 aliphatic carbocycles. The van der Waals surface area contributed by atoms with Gasteiger partial charge in [-0.3, -0.25) is 9.59 Å². The van der Waals surface area contributed by atoms with Crippen molar-refractivity contribution >= 4 is 18.1 Å². The molecule has 62 valence electrons. The van der Waals surface area contributed by atoms with Crippen molar-refractivity contribution in [2.24, 2.45) is 0 Å². The Kier molecular flexibility index (Phi) is 2.58. The third kappa shape index (κ3) is 2.20. The number of rotatable bonds is 3. The quantitative estimate of drug-likeness (QED) is 0.504. The average Bonchev–Trinajstić information content (AvgIpc) is 2.48. The Morgan fingerprint density at radius 2 is 2.33 bits per heavy atom. The number of aldehydes is 1. The molecule has 0 aromatic carbocycles. The van der Waals surface area contributed by atoms with Gasteiger partial charge in [0.15, 0.2) is 17.8 Å². The average molecular weight is 164 g/mol. The minimum Gasteiger partial charge on any atom is -0.461 e. The van der Waals surface area contributed by atoms with Gasteiger partial charge >= 0.3 is 0 Å². The van der Waals surface area contributed by atoms with Gasteiger partial charge in [-0.1, -0.05) is 0 Å². The van der Waals surface area contributed by atoms with E-state index in [1.54, 1.807) is 12.1 Å². The fourth-order valence-electron chi connectivity index (χ4n) is 0.731. The van der Waals surface area contributed by atoms with Crippen molar-refractivity contribution in [1.29, 1.82) is 0 Å². The molecule has 0 radical (unpaired) electrons. The van der Waals surface area contributed by atoms with Crippen molar-refractivity contribution in [2.75, 3.05) is 0 Å². The molecule has 3 nitrogen and oxygen atoms in total. The van der Waals surface area contributed by atoms with Crippen LogP contribution in [0.2, 0.25) is 0 Å². The molecule has 0 aliphatic rings. The van der Waals surface area contributed by atoms with E-state index in [1.807, 2.05) is 0 Å². The summed E-state index contributed by atoms with van der Waals surface area (Å²) in [5, 5.41) is 0. The molecule has 1 rings (SSSR count). The minimum absolute atomic E-state index is 0.0381. The maximum Gasteiger partial charge on any atom is 0.185 e. The second-order valence-corrected chi connectivity index (χ2v) is 2.34. The molecule has 1 aromatic rings. The van der Waals surface area contributed by atoms with Crippen LogP contribution in [0.4, 0.5) is 0 Å². The molecule has 0 amide bonds. The van der Waals surface area contributed by atoms with Gasteiger partial charge in [-0.25, -0.2) is 0 Å². The van der Waals surface area contributed by atoms with E-state index in [-0.39, 0.29) is 11.5 Å². The maximum atomic E-state index is 10.5. The van der Waals surface area contributed by atoms with E-state index in [0.717, 1.165) is 0 Å². The Bertz CT molecular complexity index is 320. The van der Waals surface area contributed by atoms with Gasteiger partial charge in [0.25, 0.3) is 0 Å². The summed E-state index contributed by atoms with van der Waals surface area (Å²) in [7, 11) is 0. The molecule has 0 spiro atoms. The van der Waals surface area contributed by atoms with Crippen LogP contribution in [0.1, 0.15) is 23.0 Å². The van der Waals surface area contributed by atoms with Gasteiger partial charge < -0.3 is 4.42 Å². The van der Waals surface area contributed by atoms with Crippen molar-refractivity contribution < 1.29 is 14.0 Å². The van der Waals surface area contributed by atoms with Crippen LogP contribution in [0.5, 0.6) is 0 Å². The lowest BCUT2D eigenvalue weighted by Gasteiger charge is -1.78. The van der Waals surface area contributed by atoms with E-state index in [0.29, 0.717) is 11.8 Å². The highest BCUT2D eigenvalue weighted by molar-refractivity contribution is 5.91. The predicted octanol–water partition coefficient (Wildman–Crippen LogP) is 1.69. The van der Waals surface area contributed by atoms with Gasteiger partial charge in [-0.05, 0) is 25.1 Å². The summed E-state index contributed by atoms with van der Waals surface area (Å²) in [6.07, 6.45) is 5.05. The number of ketones is 1. The van der Waals surface area contributed by atoms with Gasteiger partial charge in [-0.2, -0.15) is 0 Å². The molecule has 1 heterocycles. The zero-order chi connectivity index (χ0) is 8.97. The first kappa shape index (κ1) is 8.46. The SMILES string of the molecule is CC(=O)/C=C/c1coc(C=O)c1. The zero-order valence-corrected chi connectivity index (χ0v) is 6.61. The van der Waals surface area contributed by atoms with Crippen molar-refractivity contribution in [3.05, 3.63) is 29.7 Å². The molecule has 0 aliphatic heterocycles. The van der Waals surface area contributed by atoms with Gasteiger partial charge in [0, 0.05) is 5.56 Å². The highest BCUT2D eigenvalue weighted by Crippen LogP contribution is 2.07. The third-order valence-electron chi connectivity index (χ3n) is 1.27. The topological polar surface area (TPSA) is 47.3 Å². The molecule has 0 N–H and O–H groups in total. The molecule has 0 fully saturated rings. The van der Waals surface area contributed by atoms with E-state index in [4.69, 9.17) is 4.42 Å². The number of hydrogen-bond acceptors (Lipinski definition) is 3. The summed E-state index contributed by atoms with van der Waals surface area (Å²) in [5.41, 5.74) is 0.715. The van der Waals surface area contributed by atoms with Crippen molar-refractivity contribution in [3.8, 4) is 0 Å². The Hall–Kier alpha value is -1.64. The highest BCUT2D eigenvalue weighted by atomic mass is 16.3. The lowest BCUT2D eigenvalue weighted by Crippen LogP contribution is -1.78. The lowest BCUT2D eigenvalue weighted by atomic mass is 10.2. The first-order valence-corrected chi connectivity index (χ1v) is 3.45.